The van der Waals surface area contributed by atoms with Crippen molar-refractivity contribution in [2.75, 3.05) is 7.11 Å². The highest BCUT2D eigenvalue weighted by Crippen LogP contribution is 2.27. The fraction of sp³-hybridized carbons (Fsp3) is 0.462. The van der Waals surface area contributed by atoms with Crippen LogP contribution in [-0.4, -0.2) is 19.5 Å². The molecule has 0 atom stereocenters. The Balaban J connectivity index is 2.15. The zero-order chi connectivity index (χ0) is 11.4. The number of carbonyl (C=O) groups is 1. The largest absolute Gasteiger partial charge is 0.497 e. The number of hydrogen-bond acceptors (Lipinski definition) is 3. The zero-order valence-corrected chi connectivity index (χ0v) is 9.44. The van der Waals surface area contributed by atoms with Gasteiger partial charge in [0.1, 0.15) is 17.8 Å². The molecule has 0 amide bonds. The fourth-order valence-corrected chi connectivity index (χ4v) is 2.05. The number of methoxy groups -OCH3 is 1. The summed E-state index contributed by atoms with van der Waals surface area (Å²) in [5, 5.41) is 0. The molecule has 16 heavy (non-hydrogen) atoms. The molecule has 1 aliphatic rings. The minimum absolute atomic E-state index is 0.298. The molecule has 1 aliphatic carbocycles. The van der Waals surface area contributed by atoms with Crippen LogP contribution in [0.2, 0.25) is 0 Å². The van der Waals surface area contributed by atoms with Crippen molar-refractivity contribution in [2.24, 2.45) is 0 Å². The van der Waals surface area contributed by atoms with E-state index in [-0.39, 0.29) is 0 Å². The van der Waals surface area contributed by atoms with E-state index in [9.17, 15) is 4.79 Å². The van der Waals surface area contributed by atoms with Crippen LogP contribution < -0.4 is 9.47 Å². The Kier molecular flexibility index (Phi) is 3.44. The van der Waals surface area contributed by atoms with Crippen molar-refractivity contribution in [3.05, 3.63) is 23.8 Å². The Bertz CT molecular complexity index is 367. The molecule has 1 saturated carbocycles. The smallest absolute Gasteiger partial charge is 0.150 e. The van der Waals surface area contributed by atoms with Gasteiger partial charge >= 0.3 is 0 Å². The average molecular weight is 220 g/mol. The van der Waals surface area contributed by atoms with Crippen LogP contribution in [0, 0.1) is 0 Å². The summed E-state index contributed by atoms with van der Waals surface area (Å²) in [7, 11) is 1.59. The Morgan fingerprint density at radius 2 is 1.88 bits per heavy atom. The van der Waals surface area contributed by atoms with Gasteiger partial charge in [0, 0.05) is 11.6 Å². The average Bonchev–Trinajstić information content (AvgIpc) is 2.81. The predicted octanol–water partition coefficient (Wildman–Crippen LogP) is 2.83. The summed E-state index contributed by atoms with van der Waals surface area (Å²) in [5.74, 6) is 1.39. The molecule has 0 aromatic heterocycles. The summed E-state index contributed by atoms with van der Waals surface area (Å²) in [6, 6.07) is 5.29. The molecule has 86 valence electrons. The van der Waals surface area contributed by atoms with E-state index in [2.05, 4.69) is 0 Å². The number of ether oxygens (including phenoxy) is 2. The lowest BCUT2D eigenvalue weighted by molar-refractivity contribution is 0.112. The maximum absolute atomic E-state index is 10.8. The third-order valence-corrected chi connectivity index (χ3v) is 2.88. The summed E-state index contributed by atoms with van der Waals surface area (Å²) in [4.78, 5) is 10.8. The number of carbonyl (C=O) groups excluding carboxylic acids is 1. The van der Waals surface area contributed by atoms with Gasteiger partial charge in [0.2, 0.25) is 0 Å². The summed E-state index contributed by atoms with van der Waals surface area (Å²) in [5.41, 5.74) is 0.590. The number of hydrogen-bond donors (Lipinski definition) is 0. The van der Waals surface area contributed by atoms with Gasteiger partial charge in [-0.25, -0.2) is 0 Å². The molecule has 0 heterocycles. The van der Waals surface area contributed by atoms with Gasteiger partial charge in [-0.3, -0.25) is 4.79 Å². The van der Waals surface area contributed by atoms with Gasteiger partial charge < -0.3 is 9.47 Å². The van der Waals surface area contributed by atoms with Gasteiger partial charge in [-0.15, -0.1) is 0 Å². The van der Waals surface area contributed by atoms with E-state index < -0.39 is 0 Å². The topological polar surface area (TPSA) is 35.5 Å². The maximum Gasteiger partial charge on any atom is 0.150 e. The molecule has 0 bridgehead atoms. The van der Waals surface area contributed by atoms with Crippen LogP contribution in [-0.2, 0) is 0 Å². The first-order valence-corrected chi connectivity index (χ1v) is 5.63. The van der Waals surface area contributed by atoms with E-state index in [4.69, 9.17) is 9.47 Å². The van der Waals surface area contributed by atoms with E-state index in [1.165, 1.54) is 12.8 Å². The van der Waals surface area contributed by atoms with Crippen molar-refractivity contribution in [1.82, 2.24) is 0 Å². The fourth-order valence-electron chi connectivity index (χ4n) is 2.05. The lowest BCUT2D eigenvalue weighted by atomic mass is 10.2. The normalized spacial score (nSPS) is 16.1. The van der Waals surface area contributed by atoms with Gasteiger partial charge in [0.05, 0.1) is 13.2 Å². The second-order valence-electron chi connectivity index (χ2n) is 4.08. The molecule has 0 saturated heterocycles. The van der Waals surface area contributed by atoms with Crippen LogP contribution in [0.25, 0.3) is 0 Å². The third-order valence-electron chi connectivity index (χ3n) is 2.88. The number of rotatable bonds is 4. The zero-order valence-electron chi connectivity index (χ0n) is 9.44. The third kappa shape index (κ3) is 2.54. The van der Waals surface area contributed by atoms with Gasteiger partial charge in [0.15, 0.2) is 0 Å². The summed E-state index contributed by atoms with van der Waals surface area (Å²) >= 11 is 0. The van der Waals surface area contributed by atoms with Gasteiger partial charge in [-0.2, -0.15) is 0 Å². The van der Waals surface area contributed by atoms with E-state index in [1.807, 2.05) is 6.07 Å². The van der Waals surface area contributed by atoms with E-state index in [0.717, 1.165) is 24.9 Å². The highest BCUT2D eigenvalue weighted by molar-refractivity contribution is 5.76. The van der Waals surface area contributed by atoms with E-state index in [1.54, 1.807) is 19.2 Å². The lowest BCUT2D eigenvalue weighted by Crippen LogP contribution is -2.11. The van der Waals surface area contributed by atoms with Crippen LogP contribution in [0.3, 0.4) is 0 Å². The standard InChI is InChI=1S/C13H16O3/c1-15-12-6-10(9-14)7-13(8-12)16-11-4-2-3-5-11/h6-9,11H,2-5H2,1H3. The molecule has 3 heteroatoms. The van der Waals surface area contributed by atoms with Crippen molar-refractivity contribution < 1.29 is 14.3 Å². The van der Waals surface area contributed by atoms with E-state index in [0.29, 0.717) is 17.4 Å². The second kappa shape index (κ2) is 5.01. The van der Waals surface area contributed by atoms with Crippen molar-refractivity contribution in [2.45, 2.75) is 31.8 Å². The molecule has 2 rings (SSSR count). The predicted molar refractivity (Wildman–Crippen MR) is 61.3 cm³/mol. The van der Waals surface area contributed by atoms with Gasteiger partial charge in [-0.1, -0.05) is 0 Å². The summed E-state index contributed by atoms with van der Waals surface area (Å²) in [6.07, 6.45) is 5.78. The summed E-state index contributed by atoms with van der Waals surface area (Å²) < 4.78 is 10.9. The molecule has 0 spiro atoms. The molecule has 0 aliphatic heterocycles. The van der Waals surface area contributed by atoms with Crippen LogP contribution in [0.4, 0.5) is 0 Å². The van der Waals surface area contributed by atoms with Crippen LogP contribution in [0.1, 0.15) is 36.0 Å². The first-order valence-electron chi connectivity index (χ1n) is 5.63. The SMILES string of the molecule is COc1cc(C=O)cc(OC2CCCC2)c1. The quantitative estimate of drug-likeness (QED) is 0.732. The molecule has 1 aromatic rings. The molecule has 1 aromatic carbocycles. The van der Waals surface area contributed by atoms with Crippen LogP contribution in [0.15, 0.2) is 18.2 Å². The van der Waals surface area contributed by atoms with Crippen molar-refractivity contribution in [3.8, 4) is 11.5 Å². The Labute approximate surface area is 95.4 Å². The van der Waals surface area contributed by atoms with Crippen LogP contribution in [0.5, 0.6) is 11.5 Å². The number of aldehydes is 1. The molecule has 1 fully saturated rings. The minimum Gasteiger partial charge on any atom is -0.497 e. The number of benzene rings is 1. The molecule has 0 unspecified atom stereocenters. The lowest BCUT2D eigenvalue weighted by Gasteiger charge is -2.14. The first-order chi connectivity index (χ1) is 7.81. The Hall–Kier alpha value is -1.51. The monoisotopic (exact) mass is 220 g/mol. The van der Waals surface area contributed by atoms with Crippen molar-refractivity contribution in [1.29, 1.82) is 0 Å². The van der Waals surface area contributed by atoms with Gasteiger partial charge in [-0.05, 0) is 37.8 Å². The van der Waals surface area contributed by atoms with Crippen molar-refractivity contribution in [3.63, 3.8) is 0 Å². The minimum atomic E-state index is 0.298. The molecule has 0 radical (unpaired) electrons. The summed E-state index contributed by atoms with van der Waals surface area (Å²) in [6.45, 7) is 0. The van der Waals surface area contributed by atoms with E-state index >= 15 is 0 Å². The Morgan fingerprint density at radius 1 is 1.19 bits per heavy atom. The van der Waals surface area contributed by atoms with Gasteiger partial charge in [0.25, 0.3) is 0 Å². The molecular weight excluding hydrogens is 204 g/mol. The highest BCUT2D eigenvalue weighted by atomic mass is 16.5. The second-order valence-corrected chi connectivity index (χ2v) is 4.08. The van der Waals surface area contributed by atoms with Crippen molar-refractivity contribution >= 4 is 6.29 Å². The maximum atomic E-state index is 10.8. The Morgan fingerprint density at radius 3 is 2.50 bits per heavy atom. The highest BCUT2D eigenvalue weighted by Gasteiger charge is 2.16. The molecule has 3 nitrogen and oxygen atoms in total. The van der Waals surface area contributed by atoms with Crippen LogP contribution >= 0.6 is 0 Å². The molecule has 0 N–H and O–H groups in total. The molecular formula is C13H16O3. The first kappa shape index (κ1) is 11.0.